The lowest BCUT2D eigenvalue weighted by Crippen LogP contribution is -2.32. The largest absolute Gasteiger partial charge is 0.478 e. The summed E-state index contributed by atoms with van der Waals surface area (Å²) in [6, 6.07) is 0.131. The summed E-state index contributed by atoms with van der Waals surface area (Å²) in [6.07, 6.45) is 3.56. The predicted molar refractivity (Wildman–Crippen MR) is 49.3 cm³/mol. The molecule has 0 aliphatic carbocycles. The van der Waals surface area contributed by atoms with Crippen LogP contribution in [-0.2, 0) is 9.59 Å². The Morgan fingerprint density at radius 1 is 1.31 bits per heavy atom. The number of amides is 1. The first-order chi connectivity index (χ1) is 6.10. The summed E-state index contributed by atoms with van der Waals surface area (Å²) >= 11 is 0. The minimum Gasteiger partial charge on any atom is -0.478 e. The van der Waals surface area contributed by atoms with E-state index in [0.29, 0.717) is 0 Å². The third kappa shape index (κ3) is 5.90. The maximum Gasteiger partial charge on any atom is 0.328 e. The number of carbonyl (C=O) groups is 2. The fourth-order valence-corrected chi connectivity index (χ4v) is 0.889. The van der Waals surface area contributed by atoms with E-state index >= 15 is 0 Å². The van der Waals surface area contributed by atoms with Crippen LogP contribution in [0.4, 0.5) is 0 Å². The summed E-state index contributed by atoms with van der Waals surface area (Å²) in [7, 11) is 0. The van der Waals surface area contributed by atoms with Crippen LogP contribution < -0.4 is 5.32 Å². The van der Waals surface area contributed by atoms with Gasteiger partial charge in [-0.15, -0.1) is 0 Å². The van der Waals surface area contributed by atoms with E-state index in [1.165, 1.54) is 0 Å². The van der Waals surface area contributed by atoms with Crippen molar-refractivity contribution in [1.29, 1.82) is 0 Å². The zero-order chi connectivity index (χ0) is 10.3. The average molecular weight is 185 g/mol. The standard InChI is InChI=1S/C9H15NO3/c1-3-7(4-2)10-8(11)5-6-9(12)13/h5-7H,3-4H2,1-2H3,(H,10,11)(H,12,13)/b6-5+. The topological polar surface area (TPSA) is 66.4 Å². The second kappa shape index (κ2) is 6.22. The highest BCUT2D eigenvalue weighted by Crippen LogP contribution is 1.95. The van der Waals surface area contributed by atoms with Crippen molar-refractivity contribution in [1.82, 2.24) is 5.32 Å². The van der Waals surface area contributed by atoms with Crippen LogP contribution in [0.5, 0.6) is 0 Å². The van der Waals surface area contributed by atoms with Gasteiger partial charge in [0.2, 0.25) is 5.91 Å². The Hall–Kier alpha value is -1.32. The number of carboxylic acid groups (broad SMARTS) is 1. The molecule has 0 unspecified atom stereocenters. The van der Waals surface area contributed by atoms with Gasteiger partial charge in [0, 0.05) is 18.2 Å². The molecule has 0 aromatic rings. The Kier molecular flexibility index (Phi) is 5.59. The molecule has 0 aromatic carbocycles. The van der Waals surface area contributed by atoms with Crippen molar-refractivity contribution in [3.8, 4) is 0 Å². The predicted octanol–water partition coefficient (Wildman–Crippen LogP) is 0.932. The minimum atomic E-state index is -1.11. The minimum absolute atomic E-state index is 0.131. The summed E-state index contributed by atoms with van der Waals surface area (Å²) in [4.78, 5) is 21.1. The summed E-state index contributed by atoms with van der Waals surface area (Å²) in [5.41, 5.74) is 0. The lowest BCUT2D eigenvalue weighted by molar-refractivity contribution is -0.131. The quantitative estimate of drug-likeness (QED) is 0.626. The molecule has 1 amide bonds. The van der Waals surface area contributed by atoms with Crippen molar-refractivity contribution in [2.45, 2.75) is 32.7 Å². The number of hydrogen-bond acceptors (Lipinski definition) is 2. The number of rotatable bonds is 5. The number of carbonyl (C=O) groups excluding carboxylic acids is 1. The van der Waals surface area contributed by atoms with Crippen molar-refractivity contribution in [2.24, 2.45) is 0 Å². The second-order valence-corrected chi connectivity index (χ2v) is 2.69. The first-order valence-corrected chi connectivity index (χ1v) is 4.31. The van der Waals surface area contributed by atoms with E-state index < -0.39 is 5.97 Å². The van der Waals surface area contributed by atoms with Gasteiger partial charge in [-0.2, -0.15) is 0 Å². The van der Waals surface area contributed by atoms with Crippen molar-refractivity contribution in [3.63, 3.8) is 0 Å². The van der Waals surface area contributed by atoms with Crippen LogP contribution in [0, 0.1) is 0 Å². The Bertz CT molecular complexity index is 207. The highest BCUT2D eigenvalue weighted by atomic mass is 16.4. The van der Waals surface area contributed by atoms with E-state index in [2.05, 4.69) is 5.32 Å². The summed E-state index contributed by atoms with van der Waals surface area (Å²) < 4.78 is 0. The molecular weight excluding hydrogens is 170 g/mol. The Labute approximate surface area is 77.6 Å². The van der Waals surface area contributed by atoms with E-state index in [4.69, 9.17) is 5.11 Å². The molecule has 0 aliphatic rings. The molecule has 13 heavy (non-hydrogen) atoms. The van der Waals surface area contributed by atoms with Crippen LogP contribution in [-0.4, -0.2) is 23.0 Å². The zero-order valence-electron chi connectivity index (χ0n) is 7.91. The van der Waals surface area contributed by atoms with Gasteiger partial charge in [-0.1, -0.05) is 13.8 Å². The highest BCUT2D eigenvalue weighted by Gasteiger charge is 2.04. The fraction of sp³-hybridized carbons (Fsp3) is 0.556. The maximum atomic E-state index is 11.0. The van der Waals surface area contributed by atoms with Crippen LogP contribution in [0.15, 0.2) is 12.2 Å². The Morgan fingerprint density at radius 2 is 1.85 bits per heavy atom. The van der Waals surface area contributed by atoms with Gasteiger partial charge in [-0.25, -0.2) is 4.79 Å². The molecule has 0 bridgehead atoms. The average Bonchev–Trinajstić information content (AvgIpc) is 2.10. The molecule has 0 rings (SSSR count). The SMILES string of the molecule is CCC(CC)NC(=O)/C=C/C(=O)O. The van der Waals surface area contributed by atoms with Crippen LogP contribution >= 0.6 is 0 Å². The van der Waals surface area contributed by atoms with Gasteiger partial charge < -0.3 is 10.4 Å². The lowest BCUT2D eigenvalue weighted by Gasteiger charge is -2.12. The fourth-order valence-electron chi connectivity index (χ4n) is 0.889. The lowest BCUT2D eigenvalue weighted by atomic mass is 10.2. The van der Waals surface area contributed by atoms with Gasteiger partial charge in [0.1, 0.15) is 0 Å². The Balaban J connectivity index is 3.92. The highest BCUT2D eigenvalue weighted by molar-refractivity contribution is 5.93. The first-order valence-electron chi connectivity index (χ1n) is 4.31. The molecule has 0 heterocycles. The number of aliphatic carboxylic acids is 1. The second-order valence-electron chi connectivity index (χ2n) is 2.69. The van der Waals surface area contributed by atoms with Crippen LogP contribution in [0.2, 0.25) is 0 Å². The van der Waals surface area contributed by atoms with Crippen molar-refractivity contribution in [2.75, 3.05) is 0 Å². The molecule has 2 N–H and O–H groups in total. The molecule has 4 nitrogen and oxygen atoms in total. The molecule has 0 fully saturated rings. The van der Waals surface area contributed by atoms with E-state index in [0.717, 1.165) is 25.0 Å². The molecule has 0 saturated carbocycles. The van der Waals surface area contributed by atoms with Crippen molar-refractivity contribution in [3.05, 3.63) is 12.2 Å². The molecule has 4 heteroatoms. The summed E-state index contributed by atoms with van der Waals surface area (Å²) in [6.45, 7) is 3.94. The zero-order valence-corrected chi connectivity index (χ0v) is 7.91. The third-order valence-electron chi connectivity index (χ3n) is 1.71. The smallest absolute Gasteiger partial charge is 0.328 e. The molecule has 0 radical (unpaired) electrons. The molecular formula is C9H15NO3. The molecule has 0 atom stereocenters. The van der Waals surface area contributed by atoms with Crippen LogP contribution in [0.3, 0.4) is 0 Å². The van der Waals surface area contributed by atoms with Gasteiger partial charge in [0.05, 0.1) is 0 Å². The van der Waals surface area contributed by atoms with E-state index in [1.807, 2.05) is 13.8 Å². The monoisotopic (exact) mass is 185 g/mol. The van der Waals surface area contributed by atoms with E-state index in [9.17, 15) is 9.59 Å². The third-order valence-corrected chi connectivity index (χ3v) is 1.71. The van der Waals surface area contributed by atoms with Crippen molar-refractivity contribution >= 4 is 11.9 Å². The number of carboxylic acids is 1. The summed E-state index contributed by atoms with van der Waals surface area (Å²) in [5, 5.41) is 10.9. The number of hydrogen-bond donors (Lipinski definition) is 2. The van der Waals surface area contributed by atoms with Crippen LogP contribution in [0.1, 0.15) is 26.7 Å². The molecule has 0 saturated heterocycles. The molecule has 74 valence electrons. The van der Waals surface area contributed by atoms with Gasteiger partial charge in [-0.05, 0) is 12.8 Å². The van der Waals surface area contributed by atoms with Gasteiger partial charge >= 0.3 is 5.97 Å². The normalized spacial score (nSPS) is 10.7. The number of nitrogens with one attached hydrogen (secondary N) is 1. The first kappa shape index (κ1) is 11.7. The van der Waals surface area contributed by atoms with Crippen molar-refractivity contribution < 1.29 is 14.7 Å². The van der Waals surface area contributed by atoms with Gasteiger partial charge in [0.15, 0.2) is 0 Å². The molecule has 0 spiro atoms. The molecule has 0 aliphatic heterocycles. The van der Waals surface area contributed by atoms with E-state index in [1.54, 1.807) is 0 Å². The summed E-state index contributed by atoms with van der Waals surface area (Å²) in [5.74, 6) is -1.46. The van der Waals surface area contributed by atoms with Gasteiger partial charge in [0.25, 0.3) is 0 Å². The molecule has 0 aromatic heterocycles. The van der Waals surface area contributed by atoms with Crippen LogP contribution in [0.25, 0.3) is 0 Å². The Morgan fingerprint density at radius 3 is 2.23 bits per heavy atom. The maximum absolute atomic E-state index is 11.0. The van der Waals surface area contributed by atoms with Gasteiger partial charge in [-0.3, -0.25) is 4.79 Å². The van der Waals surface area contributed by atoms with E-state index in [-0.39, 0.29) is 11.9 Å².